The van der Waals surface area contributed by atoms with Crippen LogP contribution in [0.15, 0.2) is 18.2 Å². The molecule has 0 saturated carbocycles. The molecular formula is C16H23N3O. The summed E-state index contributed by atoms with van der Waals surface area (Å²) in [5.41, 5.74) is 2.73. The second-order valence-corrected chi connectivity index (χ2v) is 5.17. The topological polar surface area (TPSA) is 56.1 Å². The number of carbonyl (C=O) groups is 1. The highest BCUT2D eigenvalue weighted by molar-refractivity contribution is 5.58. The predicted molar refractivity (Wildman–Crippen MR) is 81.6 cm³/mol. The zero-order valence-electron chi connectivity index (χ0n) is 12.4. The molecular weight excluding hydrogens is 250 g/mol. The Hall–Kier alpha value is -1.86. The summed E-state index contributed by atoms with van der Waals surface area (Å²) in [7, 11) is 4.02. The fraction of sp³-hybridized carbons (Fsp3) is 0.500. The van der Waals surface area contributed by atoms with Crippen LogP contribution in [-0.4, -0.2) is 31.8 Å². The van der Waals surface area contributed by atoms with Gasteiger partial charge in [0.2, 0.25) is 0 Å². The number of nitrogens with zero attached hydrogens (tertiary/aromatic N) is 2. The molecule has 0 fully saturated rings. The Bertz CT molecular complexity index is 463. The number of anilines is 1. The predicted octanol–water partition coefficient (Wildman–Crippen LogP) is 2.79. The van der Waals surface area contributed by atoms with Gasteiger partial charge < -0.3 is 15.0 Å². The molecule has 0 aliphatic heterocycles. The Balaban J connectivity index is 2.49. The number of rotatable bonds is 9. The lowest BCUT2D eigenvalue weighted by Gasteiger charge is -2.12. The molecule has 1 rings (SSSR count). The smallest absolute Gasteiger partial charge is 0.119 e. The standard InChI is InChI=1S/C16H23N3O/c1-19(2)13-14-7-8-16(15(11-14)12-17)18-9-5-3-4-6-10-20/h7-8,10-11,18H,3-6,9,13H2,1-2H3. The van der Waals surface area contributed by atoms with E-state index in [9.17, 15) is 10.1 Å². The molecule has 0 aliphatic rings. The fourth-order valence-corrected chi connectivity index (χ4v) is 2.05. The maximum absolute atomic E-state index is 10.2. The van der Waals surface area contributed by atoms with Crippen LogP contribution >= 0.6 is 0 Å². The lowest BCUT2D eigenvalue weighted by atomic mass is 10.1. The largest absolute Gasteiger partial charge is 0.384 e. The van der Waals surface area contributed by atoms with Gasteiger partial charge in [0.1, 0.15) is 12.4 Å². The number of hydrogen-bond acceptors (Lipinski definition) is 4. The molecule has 1 aromatic carbocycles. The number of aldehydes is 1. The first-order valence-electron chi connectivity index (χ1n) is 7.02. The van der Waals surface area contributed by atoms with Gasteiger partial charge in [-0.3, -0.25) is 0 Å². The van der Waals surface area contributed by atoms with E-state index in [4.69, 9.17) is 0 Å². The molecule has 0 amide bonds. The quantitative estimate of drug-likeness (QED) is 0.555. The molecule has 4 heteroatoms. The van der Waals surface area contributed by atoms with Crippen LogP contribution < -0.4 is 5.32 Å². The SMILES string of the molecule is CN(C)Cc1ccc(NCCCCCC=O)c(C#N)c1. The molecule has 0 heterocycles. The molecule has 0 radical (unpaired) electrons. The fourth-order valence-electron chi connectivity index (χ4n) is 2.05. The molecule has 0 aromatic heterocycles. The Labute approximate surface area is 121 Å². The van der Waals surface area contributed by atoms with Gasteiger partial charge in [-0.05, 0) is 44.6 Å². The van der Waals surface area contributed by atoms with E-state index in [2.05, 4.69) is 22.4 Å². The first-order valence-corrected chi connectivity index (χ1v) is 7.02. The molecule has 4 nitrogen and oxygen atoms in total. The van der Waals surface area contributed by atoms with Crippen molar-refractivity contribution in [3.05, 3.63) is 29.3 Å². The Morgan fingerprint density at radius 2 is 2.10 bits per heavy atom. The number of unbranched alkanes of at least 4 members (excludes halogenated alkanes) is 3. The van der Waals surface area contributed by atoms with Crippen LogP contribution in [0.3, 0.4) is 0 Å². The van der Waals surface area contributed by atoms with Crippen molar-refractivity contribution >= 4 is 12.0 Å². The van der Waals surface area contributed by atoms with Gasteiger partial charge in [0.15, 0.2) is 0 Å². The minimum Gasteiger partial charge on any atom is -0.384 e. The normalized spacial score (nSPS) is 10.3. The number of nitrogens with one attached hydrogen (secondary N) is 1. The van der Waals surface area contributed by atoms with E-state index in [1.54, 1.807) is 0 Å². The highest BCUT2D eigenvalue weighted by atomic mass is 16.1. The van der Waals surface area contributed by atoms with Crippen molar-refractivity contribution in [1.82, 2.24) is 4.90 Å². The van der Waals surface area contributed by atoms with E-state index >= 15 is 0 Å². The third kappa shape index (κ3) is 5.85. The lowest BCUT2D eigenvalue weighted by Crippen LogP contribution is -2.11. The van der Waals surface area contributed by atoms with Gasteiger partial charge in [-0.1, -0.05) is 12.5 Å². The van der Waals surface area contributed by atoms with Crippen molar-refractivity contribution < 1.29 is 4.79 Å². The summed E-state index contributed by atoms with van der Waals surface area (Å²) >= 11 is 0. The van der Waals surface area contributed by atoms with Gasteiger partial charge in [0.25, 0.3) is 0 Å². The van der Waals surface area contributed by atoms with Crippen molar-refractivity contribution in [2.24, 2.45) is 0 Å². The maximum Gasteiger partial charge on any atom is 0.119 e. The lowest BCUT2D eigenvalue weighted by molar-refractivity contribution is -0.107. The van der Waals surface area contributed by atoms with E-state index in [1.165, 1.54) is 0 Å². The number of carbonyl (C=O) groups excluding carboxylic acids is 1. The summed E-state index contributed by atoms with van der Waals surface area (Å²) in [6, 6.07) is 8.21. The van der Waals surface area contributed by atoms with E-state index in [-0.39, 0.29) is 0 Å². The van der Waals surface area contributed by atoms with Crippen LogP contribution in [0.5, 0.6) is 0 Å². The molecule has 0 bridgehead atoms. The Kier molecular flexibility index (Phi) is 7.38. The number of nitriles is 1. The van der Waals surface area contributed by atoms with E-state index in [1.807, 2.05) is 26.2 Å². The van der Waals surface area contributed by atoms with Crippen LogP contribution in [0, 0.1) is 11.3 Å². The first-order chi connectivity index (χ1) is 9.67. The van der Waals surface area contributed by atoms with Gasteiger partial charge in [-0.25, -0.2) is 0 Å². The van der Waals surface area contributed by atoms with E-state index in [0.717, 1.165) is 49.9 Å². The zero-order valence-corrected chi connectivity index (χ0v) is 12.4. The molecule has 1 aromatic rings. The number of benzene rings is 1. The zero-order chi connectivity index (χ0) is 14.8. The summed E-state index contributed by atoms with van der Waals surface area (Å²) in [4.78, 5) is 12.3. The molecule has 0 spiro atoms. The molecule has 0 aliphatic carbocycles. The van der Waals surface area contributed by atoms with Gasteiger partial charge in [-0.2, -0.15) is 5.26 Å². The summed E-state index contributed by atoms with van der Waals surface area (Å²) in [6.45, 7) is 1.67. The van der Waals surface area contributed by atoms with Crippen LogP contribution in [0.1, 0.15) is 36.8 Å². The molecule has 20 heavy (non-hydrogen) atoms. The van der Waals surface area contributed by atoms with Crippen LogP contribution in [0.4, 0.5) is 5.69 Å². The van der Waals surface area contributed by atoms with Crippen molar-refractivity contribution in [3.63, 3.8) is 0 Å². The minimum absolute atomic E-state index is 0.642. The average Bonchev–Trinajstić information content (AvgIpc) is 2.43. The third-order valence-electron chi connectivity index (χ3n) is 3.02. The monoisotopic (exact) mass is 273 g/mol. The second kappa shape index (κ2) is 9.11. The number of hydrogen-bond donors (Lipinski definition) is 1. The van der Waals surface area contributed by atoms with E-state index < -0.39 is 0 Å². The molecule has 108 valence electrons. The third-order valence-corrected chi connectivity index (χ3v) is 3.02. The maximum atomic E-state index is 10.2. The summed E-state index contributed by atoms with van der Waals surface area (Å²) in [6.07, 6.45) is 4.59. The van der Waals surface area contributed by atoms with Crippen LogP contribution in [0.25, 0.3) is 0 Å². The van der Waals surface area contributed by atoms with Gasteiger partial charge in [0.05, 0.1) is 11.3 Å². The van der Waals surface area contributed by atoms with Gasteiger partial charge in [-0.15, -0.1) is 0 Å². The van der Waals surface area contributed by atoms with Gasteiger partial charge >= 0.3 is 0 Å². The highest BCUT2D eigenvalue weighted by Crippen LogP contribution is 2.17. The van der Waals surface area contributed by atoms with Crippen LogP contribution in [0.2, 0.25) is 0 Å². The van der Waals surface area contributed by atoms with Crippen molar-refractivity contribution in [2.45, 2.75) is 32.2 Å². The van der Waals surface area contributed by atoms with Crippen molar-refractivity contribution in [1.29, 1.82) is 5.26 Å². The second-order valence-electron chi connectivity index (χ2n) is 5.17. The summed E-state index contributed by atoms with van der Waals surface area (Å²) in [5.74, 6) is 0. The molecule has 0 unspecified atom stereocenters. The molecule has 0 atom stereocenters. The Morgan fingerprint density at radius 3 is 2.75 bits per heavy atom. The minimum atomic E-state index is 0.642. The summed E-state index contributed by atoms with van der Waals surface area (Å²) in [5, 5.41) is 12.5. The molecule has 1 N–H and O–H groups in total. The van der Waals surface area contributed by atoms with Crippen LogP contribution in [-0.2, 0) is 11.3 Å². The first kappa shape index (κ1) is 16.2. The average molecular weight is 273 g/mol. The van der Waals surface area contributed by atoms with Crippen molar-refractivity contribution in [2.75, 3.05) is 26.0 Å². The van der Waals surface area contributed by atoms with Gasteiger partial charge in [0, 0.05) is 19.5 Å². The van der Waals surface area contributed by atoms with Crippen molar-refractivity contribution in [3.8, 4) is 6.07 Å². The Morgan fingerprint density at radius 1 is 1.30 bits per heavy atom. The molecule has 0 saturated heterocycles. The van der Waals surface area contributed by atoms with E-state index in [0.29, 0.717) is 12.0 Å². The summed E-state index contributed by atoms with van der Waals surface area (Å²) < 4.78 is 0. The highest BCUT2D eigenvalue weighted by Gasteiger charge is 2.04.